The van der Waals surface area contributed by atoms with E-state index in [0.717, 1.165) is 5.56 Å². The van der Waals surface area contributed by atoms with E-state index >= 15 is 0 Å². The third-order valence-corrected chi connectivity index (χ3v) is 2.58. The highest BCUT2D eigenvalue weighted by atomic mass is 16.1. The van der Waals surface area contributed by atoms with Gasteiger partial charge in [-0.2, -0.15) is 0 Å². The largest absolute Gasteiger partial charge is 0.293 e. The fourth-order valence-corrected chi connectivity index (χ4v) is 1.73. The first-order valence-electron chi connectivity index (χ1n) is 5.47. The van der Waals surface area contributed by atoms with Gasteiger partial charge in [0.25, 0.3) is 5.56 Å². The molecular weight excluding hydrogens is 212 g/mol. The second-order valence-electron chi connectivity index (χ2n) is 3.79. The third kappa shape index (κ3) is 2.33. The normalized spacial score (nSPS) is 10.2. The van der Waals surface area contributed by atoms with Crippen LogP contribution in [0.5, 0.6) is 0 Å². The van der Waals surface area contributed by atoms with Crippen LogP contribution in [-0.2, 0) is 6.54 Å². The molecule has 0 aliphatic heterocycles. The van der Waals surface area contributed by atoms with Crippen molar-refractivity contribution in [3.63, 3.8) is 0 Å². The zero-order valence-corrected chi connectivity index (χ0v) is 9.76. The third-order valence-electron chi connectivity index (χ3n) is 2.58. The molecule has 1 aromatic heterocycles. The molecule has 1 heterocycles. The van der Waals surface area contributed by atoms with Crippen LogP contribution in [0.2, 0.25) is 0 Å². The summed E-state index contributed by atoms with van der Waals surface area (Å²) in [6.07, 6.45) is 1.69. The van der Waals surface area contributed by atoms with Gasteiger partial charge < -0.3 is 0 Å². The van der Waals surface area contributed by atoms with Gasteiger partial charge in [0.05, 0.1) is 5.69 Å². The molecular formula is C14H14N2O. The second-order valence-corrected chi connectivity index (χ2v) is 3.79. The molecule has 86 valence electrons. The van der Waals surface area contributed by atoms with E-state index < -0.39 is 0 Å². The van der Waals surface area contributed by atoms with E-state index in [-0.39, 0.29) is 5.56 Å². The molecule has 1 aromatic carbocycles. The molecule has 0 bridgehead atoms. The smallest absolute Gasteiger partial charge is 0.254 e. The van der Waals surface area contributed by atoms with E-state index in [4.69, 9.17) is 0 Å². The van der Waals surface area contributed by atoms with E-state index in [9.17, 15) is 4.79 Å². The van der Waals surface area contributed by atoms with Crippen molar-refractivity contribution in [1.82, 2.24) is 9.55 Å². The van der Waals surface area contributed by atoms with Crippen LogP contribution in [0.3, 0.4) is 0 Å². The van der Waals surface area contributed by atoms with Crippen LogP contribution >= 0.6 is 0 Å². The van der Waals surface area contributed by atoms with Crippen LogP contribution in [0.15, 0.2) is 53.8 Å². The van der Waals surface area contributed by atoms with E-state index in [1.54, 1.807) is 16.7 Å². The molecule has 0 amide bonds. The van der Waals surface area contributed by atoms with Gasteiger partial charge in [-0.05, 0) is 6.92 Å². The summed E-state index contributed by atoms with van der Waals surface area (Å²) in [5.41, 5.74) is 1.63. The number of aryl methyl sites for hydroxylation is 1. The lowest BCUT2D eigenvalue weighted by Crippen LogP contribution is -2.22. The number of aromatic nitrogens is 2. The first-order chi connectivity index (χ1) is 8.22. The van der Waals surface area contributed by atoms with Crippen LogP contribution < -0.4 is 5.56 Å². The Kier molecular flexibility index (Phi) is 3.19. The highest BCUT2D eigenvalue weighted by molar-refractivity contribution is 5.58. The molecule has 0 spiro atoms. The van der Waals surface area contributed by atoms with E-state index in [1.807, 2.05) is 37.3 Å². The van der Waals surface area contributed by atoms with Crippen molar-refractivity contribution < 1.29 is 0 Å². The maximum atomic E-state index is 11.9. The predicted molar refractivity (Wildman–Crippen MR) is 68.9 cm³/mol. The number of hydrogen-bond donors (Lipinski definition) is 0. The van der Waals surface area contributed by atoms with Gasteiger partial charge in [-0.15, -0.1) is 6.58 Å². The zero-order valence-electron chi connectivity index (χ0n) is 9.76. The molecule has 17 heavy (non-hydrogen) atoms. The Morgan fingerprint density at radius 3 is 2.65 bits per heavy atom. The van der Waals surface area contributed by atoms with Gasteiger partial charge in [0, 0.05) is 18.2 Å². The van der Waals surface area contributed by atoms with Crippen molar-refractivity contribution in [3.8, 4) is 11.3 Å². The second kappa shape index (κ2) is 4.78. The first kappa shape index (κ1) is 11.3. The summed E-state index contributed by atoms with van der Waals surface area (Å²) in [5, 5.41) is 0. The lowest BCUT2D eigenvalue weighted by atomic mass is 10.1. The van der Waals surface area contributed by atoms with Crippen molar-refractivity contribution in [3.05, 3.63) is 65.2 Å². The Bertz CT molecular complexity index is 585. The topological polar surface area (TPSA) is 34.9 Å². The molecule has 0 unspecified atom stereocenters. The number of benzene rings is 1. The maximum Gasteiger partial charge on any atom is 0.254 e. The summed E-state index contributed by atoms with van der Waals surface area (Å²) in [5.74, 6) is 0.705. The Labute approximate surface area is 100 Å². The minimum Gasteiger partial charge on any atom is -0.293 e. The lowest BCUT2D eigenvalue weighted by molar-refractivity contribution is 0.717. The molecule has 0 saturated heterocycles. The lowest BCUT2D eigenvalue weighted by Gasteiger charge is -2.08. The minimum atomic E-state index is -0.0451. The molecule has 0 aliphatic rings. The van der Waals surface area contributed by atoms with Crippen molar-refractivity contribution in [2.24, 2.45) is 0 Å². The van der Waals surface area contributed by atoms with Gasteiger partial charge in [0.2, 0.25) is 0 Å². The molecule has 2 aromatic rings. The Hall–Kier alpha value is -2.16. The van der Waals surface area contributed by atoms with Crippen LogP contribution in [0.25, 0.3) is 11.3 Å². The number of allylic oxidation sites excluding steroid dienone is 1. The van der Waals surface area contributed by atoms with Crippen molar-refractivity contribution in [1.29, 1.82) is 0 Å². The van der Waals surface area contributed by atoms with Gasteiger partial charge in [-0.3, -0.25) is 9.36 Å². The van der Waals surface area contributed by atoms with Crippen molar-refractivity contribution >= 4 is 0 Å². The first-order valence-corrected chi connectivity index (χ1v) is 5.47. The SMILES string of the molecule is C=CCn1c(C)nc(-c2ccccc2)cc1=O. The van der Waals surface area contributed by atoms with Gasteiger partial charge in [-0.25, -0.2) is 4.98 Å². The number of rotatable bonds is 3. The maximum absolute atomic E-state index is 11.9. The van der Waals surface area contributed by atoms with Crippen LogP contribution in [0.1, 0.15) is 5.82 Å². The van der Waals surface area contributed by atoms with Crippen LogP contribution in [0.4, 0.5) is 0 Å². The molecule has 0 saturated carbocycles. The zero-order chi connectivity index (χ0) is 12.3. The van der Waals surface area contributed by atoms with Gasteiger partial charge in [0.15, 0.2) is 0 Å². The van der Waals surface area contributed by atoms with Gasteiger partial charge in [0.1, 0.15) is 5.82 Å². The molecule has 0 aliphatic carbocycles. The molecule has 0 radical (unpaired) electrons. The van der Waals surface area contributed by atoms with E-state index in [2.05, 4.69) is 11.6 Å². The summed E-state index contributed by atoms with van der Waals surface area (Å²) in [4.78, 5) is 16.3. The molecule has 0 atom stereocenters. The average molecular weight is 226 g/mol. The molecule has 0 fully saturated rings. The van der Waals surface area contributed by atoms with Crippen molar-refractivity contribution in [2.45, 2.75) is 13.5 Å². The summed E-state index contributed by atoms with van der Waals surface area (Å²) < 4.78 is 1.60. The number of nitrogens with zero attached hydrogens (tertiary/aromatic N) is 2. The minimum absolute atomic E-state index is 0.0451. The molecule has 3 nitrogen and oxygen atoms in total. The summed E-state index contributed by atoms with van der Waals surface area (Å²) in [6.45, 7) is 5.95. The van der Waals surface area contributed by atoms with Crippen molar-refractivity contribution in [2.75, 3.05) is 0 Å². The summed E-state index contributed by atoms with van der Waals surface area (Å²) in [7, 11) is 0. The quantitative estimate of drug-likeness (QED) is 0.753. The standard InChI is InChI=1S/C14H14N2O/c1-3-9-16-11(2)15-13(10-14(16)17)12-7-5-4-6-8-12/h3-8,10H,1,9H2,2H3. The Balaban J connectivity index is 2.53. The van der Waals surface area contributed by atoms with Gasteiger partial charge >= 0.3 is 0 Å². The van der Waals surface area contributed by atoms with E-state index in [0.29, 0.717) is 18.1 Å². The average Bonchev–Trinajstić information content (AvgIpc) is 2.35. The summed E-state index contributed by atoms with van der Waals surface area (Å²) >= 11 is 0. The molecule has 3 heteroatoms. The Morgan fingerprint density at radius 2 is 2.06 bits per heavy atom. The van der Waals surface area contributed by atoms with Crippen LogP contribution in [0, 0.1) is 6.92 Å². The van der Waals surface area contributed by atoms with E-state index in [1.165, 1.54) is 0 Å². The van der Waals surface area contributed by atoms with Crippen LogP contribution in [-0.4, -0.2) is 9.55 Å². The molecule has 2 rings (SSSR count). The number of hydrogen-bond acceptors (Lipinski definition) is 2. The molecule has 0 N–H and O–H groups in total. The fourth-order valence-electron chi connectivity index (χ4n) is 1.73. The Morgan fingerprint density at radius 1 is 1.35 bits per heavy atom. The predicted octanol–water partition coefficient (Wildman–Crippen LogP) is 2.40. The highest BCUT2D eigenvalue weighted by Crippen LogP contribution is 2.14. The van der Waals surface area contributed by atoms with Gasteiger partial charge in [-0.1, -0.05) is 36.4 Å². The monoisotopic (exact) mass is 226 g/mol. The highest BCUT2D eigenvalue weighted by Gasteiger charge is 2.05. The summed E-state index contributed by atoms with van der Waals surface area (Å²) in [6, 6.07) is 11.3. The fraction of sp³-hybridized carbons (Fsp3) is 0.143.